The Hall–Kier alpha value is -2.07. The van der Waals surface area contributed by atoms with Gasteiger partial charge in [0, 0.05) is 28.0 Å². The molecule has 0 aliphatic carbocycles. The fraction of sp³-hybridized carbons (Fsp3) is 0.250. The average molecular weight is 388 g/mol. The number of hydrogen-bond donors (Lipinski definition) is 1. The Bertz CT molecular complexity index is 708. The number of unbranched alkanes of at least 4 members (excludes halogenated alkanes) is 1. The van der Waals surface area contributed by atoms with E-state index in [0.29, 0.717) is 12.2 Å². The summed E-state index contributed by atoms with van der Waals surface area (Å²) < 4.78 is 6.63. The normalized spacial score (nSPS) is 10.8. The smallest absolute Gasteiger partial charge is 0.187 e. The summed E-state index contributed by atoms with van der Waals surface area (Å²) >= 11 is 3.43. The van der Waals surface area contributed by atoms with Gasteiger partial charge >= 0.3 is 0 Å². The Morgan fingerprint density at radius 2 is 1.96 bits per heavy atom. The molecular weight excluding hydrogens is 366 g/mol. The summed E-state index contributed by atoms with van der Waals surface area (Å²) in [4.78, 5) is 12.2. The minimum atomic E-state index is -0.0441. The molecule has 0 unspecified atom stereocenters. The number of hydrogen-bond acceptors (Lipinski definition) is 3. The summed E-state index contributed by atoms with van der Waals surface area (Å²) in [7, 11) is 0. The molecule has 3 nitrogen and oxygen atoms in total. The van der Waals surface area contributed by atoms with Gasteiger partial charge < -0.3 is 10.1 Å². The lowest BCUT2D eigenvalue weighted by Gasteiger charge is -2.06. The zero-order valence-corrected chi connectivity index (χ0v) is 15.6. The molecule has 0 saturated carbocycles. The van der Waals surface area contributed by atoms with E-state index >= 15 is 0 Å². The Kier molecular flexibility index (Phi) is 7.07. The molecule has 126 valence electrons. The van der Waals surface area contributed by atoms with Gasteiger partial charge in [-0.15, -0.1) is 0 Å². The molecule has 0 aliphatic heterocycles. The van der Waals surface area contributed by atoms with Gasteiger partial charge in [-0.05, 0) is 61.4 Å². The van der Waals surface area contributed by atoms with Crippen molar-refractivity contribution in [2.24, 2.45) is 0 Å². The first-order valence-corrected chi connectivity index (χ1v) is 8.86. The van der Waals surface area contributed by atoms with Crippen molar-refractivity contribution in [3.05, 3.63) is 70.3 Å². The highest BCUT2D eigenvalue weighted by Crippen LogP contribution is 2.20. The molecule has 0 bridgehead atoms. The minimum Gasteiger partial charge on any atom is -0.494 e. The van der Waals surface area contributed by atoms with E-state index < -0.39 is 0 Å². The van der Waals surface area contributed by atoms with Gasteiger partial charge in [0.25, 0.3) is 0 Å². The second-order valence-electron chi connectivity index (χ2n) is 5.53. The number of carbonyl (C=O) groups is 1. The van der Waals surface area contributed by atoms with Gasteiger partial charge in [-0.3, -0.25) is 4.79 Å². The van der Waals surface area contributed by atoms with Crippen LogP contribution in [-0.2, 0) is 0 Å². The number of anilines is 1. The number of rotatable bonds is 8. The monoisotopic (exact) mass is 387 g/mol. The molecule has 24 heavy (non-hydrogen) atoms. The van der Waals surface area contributed by atoms with Crippen LogP contribution in [0.2, 0.25) is 0 Å². The van der Waals surface area contributed by atoms with Crippen LogP contribution in [-0.4, -0.2) is 12.4 Å². The minimum absolute atomic E-state index is 0.0441. The van der Waals surface area contributed by atoms with E-state index in [1.807, 2.05) is 37.3 Å². The van der Waals surface area contributed by atoms with Gasteiger partial charge in [-0.1, -0.05) is 29.3 Å². The summed E-state index contributed by atoms with van der Waals surface area (Å²) in [5, 5.41) is 3.14. The first-order valence-electron chi connectivity index (χ1n) is 8.06. The fourth-order valence-corrected chi connectivity index (χ4v) is 2.62. The SMILES string of the molecule is CCCCOc1ccc(C(=O)C=CNc2ccc(Br)cc2C)cc1. The number of carbonyl (C=O) groups excluding carboxylic acids is 1. The topological polar surface area (TPSA) is 38.3 Å². The molecule has 0 aliphatic rings. The lowest BCUT2D eigenvalue weighted by Crippen LogP contribution is -1.99. The van der Waals surface area contributed by atoms with Gasteiger partial charge in [-0.2, -0.15) is 0 Å². The van der Waals surface area contributed by atoms with Crippen LogP contribution in [0.25, 0.3) is 0 Å². The van der Waals surface area contributed by atoms with Crippen LogP contribution in [0, 0.1) is 6.92 Å². The maximum atomic E-state index is 12.2. The predicted molar refractivity (Wildman–Crippen MR) is 103 cm³/mol. The molecule has 0 aromatic heterocycles. The van der Waals surface area contributed by atoms with Crippen molar-refractivity contribution in [3.8, 4) is 5.75 Å². The quantitative estimate of drug-likeness (QED) is 0.356. The Balaban J connectivity index is 1.91. The molecule has 1 N–H and O–H groups in total. The third-order valence-electron chi connectivity index (χ3n) is 3.57. The summed E-state index contributed by atoms with van der Waals surface area (Å²) in [6.07, 6.45) is 5.34. The lowest BCUT2D eigenvalue weighted by atomic mass is 10.1. The second-order valence-corrected chi connectivity index (χ2v) is 6.44. The molecule has 0 heterocycles. The molecule has 4 heteroatoms. The van der Waals surface area contributed by atoms with Gasteiger partial charge in [-0.25, -0.2) is 0 Å². The third-order valence-corrected chi connectivity index (χ3v) is 4.06. The van der Waals surface area contributed by atoms with Gasteiger partial charge in [0.05, 0.1) is 6.61 Å². The largest absolute Gasteiger partial charge is 0.494 e. The van der Waals surface area contributed by atoms with E-state index in [2.05, 4.69) is 28.2 Å². The fourth-order valence-electron chi connectivity index (χ4n) is 2.14. The average Bonchev–Trinajstić information content (AvgIpc) is 2.57. The first kappa shape index (κ1) is 18.3. The Morgan fingerprint density at radius 3 is 2.62 bits per heavy atom. The molecule has 2 aromatic carbocycles. The van der Waals surface area contributed by atoms with Crippen molar-refractivity contribution >= 4 is 27.4 Å². The molecule has 0 fully saturated rings. The number of allylic oxidation sites excluding steroid dienone is 1. The Labute approximate surface area is 151 Å². The van der Waals surface area contributed by atoms with Crippen LogP contribution in [0.4, 0.5) is 5.69 Å². The van der Waals surface area contributed by atoms with E-state index in [1.54, 1.807) is 18.3 Å². The van der Waals surface area contributed by atoms with Crippen molar-refractivity contribution in [3.63, 3.8) is 0 Å². The number of halogens is 1. The highest BCUT2D eigenvalue weighted by molar-refractivity contribution is 9.10. The van der Waals surface area contributed by atoms with Crippen molar-refractivity contribution in [1.29, 1.82) is 0 Å². The van der Waals surface area contributed by atoms with Crippen LogP contribution in [0.5, 0.6) is 5.75 Å². The molecule has 0 atom stereocenters. The van der Waals surface area contributed by atoms with Crippen LogP contribution in [0.1, 0.15) is 35.7 Å². The highest BCUT2D eigenvalue weighted by Gasteiger charge is 2.02. The molecule has 0 radical (unpaired) electrons. The molecule has 2 aromatic rings. The maximum absolute atomic E-state index is 12.2. The van der Waals surface area contributed by atoms with E-state index in [-0.39, 0.29) is 5.78 Å². The summed E-state index contributed by atoms with van der Waals surface area (Å²) in [6.45, 7) is 4.85. The first-order chi connectivity index (χ1) is 11.6. The summed E-state index contributed by atoms with van der Waals surface area (Å²) in [5.74, 6) is 0.755. The Morgan fingerprint density at radius 1 is 1.21 bits per heavy atom. The number of ether oxygens (including phenoxy) is 1. The van der Waals surface area contributed by atoms with E-state index in [4.69, 9.17) is 4.74 Å². The standard InChI is InChI=1S/C20H22BrNO2/c1-3-4-13-24-18-8-5-16(6-9-18)20(23)11-12-22-19-10-7-17(21)14-15(19)2/h5-12,14,22H,3-4,13H2,1-2H3. The van der Waals surface area contributed by atoms with E-state index in [9.17, 15) is 4.79 Å². The number of aryl methyl sites for hydroxylation is 1. The summed E-state index contributed by atoms with van der Waals surface area (Å²) in [5.41, 5.74) is 2.72. The molecule has 0 amide bonds. The number of nitrogens with one attached hydrogen (secondary N) is 1. The highest BCUT2D eigenvalue weighted by atomic mass is 79.9. The molecular formula is C20H22BrNO2. The predicted octanol–water partition coefficient (Wildman–Crippen LogP) is 5.74. The van der Waals surface area contributed by atoms with E-state index in [0.717, 1.165) is 34.3 Å². The lowest BCUT2D eigenvalue weighted by molar-refractivity contribution is 0.104. The van der Waals surface area contributed by atoms with Crippen LogP contribution in [0.3, 0.4) is 0 Å². The third kappa shape index (κ3) is 5.53. The van der Waals surface area contributed by atoms with Crippen molar-refractivity contribution < 1.29 is 9.53 Å². The maximum Gasteiger partial charge on any atom is 0.187 e. The zero-order valence-electron chi connectivity index (χ0n) is 14.0. The van der Waals surface area contributed by atoms with Crippen molar-refractivity contribution in [2.75, 3.05) is 11.9 Å². The number of benzene rings is 2. The van der Waals surface area contributed by atoms with Gasteiger partial charge in [0.2, 0.25) is 0 Å². The van der Waals surface area contributed by atoms with Crippen molar-refractivity contribution in [1.82, 2.24) is 0 Å². The van der Waals surface area contributed by atoms with Gasteiger partial charge in [0.15, 0.2) is 5.78 Å². The molecule has 2 rings (SSSR count). The van der Waals surface area contributed by atoms with Crippen LogP contribution in [0.15, 0.2) is 59.2 Å². The zero-order chi connectivity index (χ0) is 17.4. The molecule has 0 saturated heterocycles. The second kappa shape index (κ2) is 9.28. The van der Waals surface area contributed by atoms with Gasteiger partial charge in [0.1, 0.15) is 5.75 Å². The van der Waals surface area contributed by atoms with Crippen molar-refractivity contribution in [2.45, 2.75) is 26.7 Å². The van der Waals surface area contributed by atoms with E-state index in [1.165, 1.54) is 6.08 Å². The number of ketones is 1. The molecule has 0 spiro atoms. The van der Waals surface area contributed by atoms with Crippen LogP contribution < -0.4 is 10.1 Å². The van der Waals surface area contributed by atoms with Crippen LogP contribution >= 0.6 is 15.9 Å². The summed E-state index contributed by atoms with van der Waals surface area (Å²) in [6, 6.07) is 13.2.